The van der Waals surface area contributed by atoms with E-state index in [1.54, 1.807) is 23.2 Å². The smallest absolute Gasteiger partial charge is 0.289 e. The summed E-state index contributed by atoms with van der Waals surface area (Å²) in [6.07, 6.45) is 4.93. The second-order valence-electron chi connectivity index (χ2n) is 7.98. The Hall–Kier alpha value is -2.41. The zero-order valence-corrected chi connectivity index (χ0v) is 15.5. The first-order valence-corrected chi connectivity index (χ1v) is 9.84. The number of carbonyl (C=O) groups excluding carboxylic acids is 2. The Bertz CT molecular complexity index is 894. The summed E-state index contributed by atoms with van der Waals surface area (Å²) in [4.78, 5) is 33.6. The maximum atomic E-state index is 12.8. The van der Waals surface area contributed by atoms with Gasteiger partial charge in [0.05, 0.1) is 0 Å². The van der Waals surface area contributed by atoms with Crippen LogP contribution in [-0.4, -0.2) is 64.9 Å². The molecule has 142 valence electrons. The minimum Gasteiger partial charge on any atom is -0.451 e. The van der Waals surface area contributed by atoms with Gasteiger partial charge in [0.1, 0.15) is 11.3 Å². The van der Waals surface area contributed by atoms with E-state index in [0.717, 1.165) is 50.8 Å². The number of rotatable bonds is 3. The Morgan fingerprint density at radius 1 is 1.19 bits per heavy atom. The summed E-state index contributed by atoms with van der Waals surface area (Å²) in [5, 5.41) is 3.93. The van der Waals surface area contributed by atoms with Gasteiger partial charge in [0.25, 0.3) is 11.8 Å². The third kappa shape index (κ3) is 2.81. The van der Waals surface area contributed by atoms with E-state index < -0.39 is 0 Å². The molecule has 2 amide bonds. The maximum absolute atomic E-state index is 12.8. The molecule has 4 fully saturated rings. The molecular weight excluding hydrogens is 344 g/mol. The highest BCUT2D eigenvalue weighted by Gasteiger charge is 2.40. The fourth-order valence-corrected chi connectivity index (χ4v) is 4.61. The molecule has 2 aromatic heterocycles. The lowest BCUT2D eigenvalue weighted by Crippen LogP contribution is -2.62. The van der Waals surface area contributed by atoms with Gasteiger partial charge >= 0.3 is 0 Å². The predicted octanol–water partition coefficient (Wildman–Crippen LogP) is 1.89. The number of carbonyl (C=O) groups is 2. The van der Waals surface area contributed by atoms with E-state index in [9.17, 15) is 9.59 Å². The number of nitrogens with one attached hydrogen (secondary N) is 1. The van der Waals surface area contributed by atoms with Crippen LogP contribution >= 0.6 is 0 Å². The van der Waals surface area contributed by atoms with E-state index in [1.165, 1.54) is 0 Å². The van der Waals surface area contributed by atoms with E-state index in [-0.39, 0.29) is 17.9 Å². The zero-order valence-electron chi connectivity index (χ0n) is 15.5. The highest BCUT2D eigenvalue weighted by molar-refractivity contribution is 5.99. The van der Waals surface area contributed by atoms with Crippen LogP contribution in [0.15, 0.2) is 22.7 Å². The first-order valence-electron chi connectivity index (χ1n) is 9.84. The molecule has 2 aromatic rings. The lowest BCUT2D eigenvalue weighted by molar-refractivity contribution is 0.0216. The highest BCUT2D eigenvalue weighted by Crippen LogP contribution is 2.32. The lowest BCUT2D eigenvalue weighted by atomic mass is 9.79. The number of likely N-dealkylation sites (tertiary alicyclic amines) is 1. The predicted molar refractivity (Wildman–Crippen MR) is 99.5 cm³/mol. The zero-order chi connectivity index (χ0) is 18.5. The number of pyridine rings is 1. The van der Waals surface area contributed by atoms with Crippen LogP contribution in [0.2, 0.25) is 0 Å². The Labute approximate surface area is 157 Å². The summed E-state index contributed by atoms with van der Waals surface area (Å²) in [7, 11) is 0. The lowest BCUT2D eigenvalue weighted by Gasteiger charge is -2.49. The Balaban J connectivity index is 1.35. The third-order valence-corrected chi connectivity index (χ3v) is 6.46. The van der Waals surface area contributed by atoms with Crippen LogP contribution in [0, 0.1) is 5.92 Å². The molecule has 0 saturated carbocycles. The SMILES string of the molecule is CC1C(NC(=O)c2cc3oc(C(=O)N4CCC4)cc3cn2)C2CCN1CC2. The van der Waals surface area contributed by atoms with Gasteiger partial charge in [-0.15, -0.1) is 0 Å². The van der Waals surface area contributed by atoms with Crippen molar-refractivity contribution in [3.8, 4) is 0 Å². The number of hydrogen-bond acceptors (Lipinski definition) is 5. The maximum Gasteiger partial charge on any atom is 0.289 e. The summed E-state index contributed by atoms with van der Waals surface area (Å²) < 4.78 is 5.72. The summed E-state index contributed by atoms with van der Waals surface area (Å²) in [6.45, 7) is 6.00. The fraction of sp³-hybridized carbons (Fsp3) is 0.550. The standard InChI is InChI=1S/C20H24N4O3/c1-12-18(13-3-7-23(12)8-4-13)22-19(25)15-10-16-14(11-21-15)9-17(27-16)20(26)24-5-2-6-24/h9-13,18H,2-8H2,1H3,(H,22,25). The molecular formula is C20H24N4O3. The first-order chi connectivity index (χ1) is 13.1. The van der Waals surface area contributed by atoms with E-state index in [1.807, 2.05) is 0 Å². The largest absolute Gasteiger partial charge is 0.451 e. The molecule has 0 spiro atoms. The van der Waals surface area contributed by atoms with Crippen LogP contribution in [0.1, 0.15) is 47.2 Å². The minimum absolute atomic E-state index is 0.0930. The van der Waals surface area contributed by atoms with Gasteiger partial charge in [0, 0.05) is 42.8 Å². The van der Waals surface area contributed by atoms with Crippen molar-refractivity contribution in [2.24, 2.45) is 5.92 Å². The van der Waals surface area contributed by atoms with E-state index in [4.69, 9.17) is 4.42 Å². The molecule has 4 aliphatic heterocycles. The molecule has 2 unspecified atom stereocenters. The highest BCUT2D eigenvalue weighted by atomic mass is 16.3. The number of nitrogens with zero attached hydrogens (tertiary/aromatic N) is 3. The summed E-state index contributed by atoms with van der Waals surface area (Å²) >= 11 is 0. The van der Waals surface area contributed by atoms with Gasteiger partial charge in [0.2, 0.25) is 0 Å². The normalized spacial score (nSPS) is 29.6. The minimum atomic E-state index is -0.172. The average molecular weight is 368 g/mol. The molecule has 0 aliphatic carbocycles. The van der Waals surface area contributed by atoms with Crippen molar-refractivity contribution < 1.29 is 14.0 Å². The van der Waals surface area contributed by atoms with Crippen molar-refractivity contribution in [3.05, 3.63) is 29.8 Å². The van der Waals surface area contributed by atoms with Gasteiger partial charge < -0.3 is 14.6 Å². The molecule has 2 atom stereocenters. The van der Waals surface area contributed by atoms with E-state index >= 15 is 0 Å². The second-order valence-corrected chi connectivity index (χ2v) is 7.98. The molecule has 4 saturated heterocycles. The van der Waals surface area contributed by atoms with Gasteiger partial charge in [-0.2, -0.15) is 0 Å². The van der Waals surface area contributed by atoms with Crippen molar-refractivity contribution in [1.29, 1.82) is 0 Å². The quantitative estimate of drug-likeness (QED) is 0.895. The van der Waals surface area contributed by atoms with Crippen molar-refractivity contribution in [3.63, 3.8) is 0 Å². The van der Waals surface area contributed by atoms with Crippen molar-refractivity contribution in [1.82, 2.24) is 20.1 Å². The van der Waals surface area contributed by atoms with Crippen molar-refractivity contribution >= 4 is 22.8 Å². The van der Waals surface area contributed by atoms with Gasteiger partial charge in [-0.1, -0.05) is 0 Å². The molecule has 7 heteroatoms. The number of hydrogen-bond donors (Lipinski definition) is 1. The number of furan rings is 1. The molecule has 7 nitrogen and oxygen atoms in total. The molecule has 1 N–H and O–H groups in total. The fourth-order valence-electron chi connectivity index (χ4n) is 4.61. The van der Waals surface area contributed by atoms with Crippen LogP contribution in [0.3, 0.4) is 0 Å². The number of aromatic nitrogens is 1. The average Bonchev–Trinajstić information content (AvgIpc) is 3.07. The number of amides is 2. The van der Waals surface area contributed by atoms with Gasteiger partial charge in [0.15, 0.2) is 5.76 Å². The van der Waals surface area contributed by atoms with Crippen molar-refractivity contribution in [2.45, 2.75) is 38.3 Å². The molecule has 4 aliphatic rings. The molecule has 6 rings (SSSR count). The summed E-state index contributed by atoms with van der Waals surface area (Å²) in [5.41, 5.74) is 0.865. The van der Waals surface area contributed by atoms with Gasteiger partial charge in [-0.3, -0.25) is 19.5 Å². The second kappa shape index (κ2) is 6.34. The van der Waals surface area contributed by atoms with Crippen LogP contribution in [-0.2, 0) is 0 Å². The molecule has 27 heavy (non-hydrogen) atoms. The summed E-state index contributed by atoms with van der Waals surface area (Å²) in [5.74, 6) is 0.594. The van der Waals surface area contributed by atoms with E-state index in [2.05, 4.69) is 22.1 Å². The Morgan fingerprint density at radius 2 is 1.96 bits per heavy atom. The first kappa shape index (κ1) is 16.7. The third-order valence-electron chi connectivity index (χ3n) is 6.46. The van der Waals surface area contributed by atoms with Crippen LogP contribution < -0.4 is 5.32 Å². The van der Waals surface area contributed by atoms with Crippen LogP contribution in [0.25, 0.3) is 11.0 Å². The van der Waals surface area contributed by atoms with Crippen molar-refractivity contribution in [2.75, 3.05) is 26.2 Å². The molecule has 0 aromatic carbocycles. The van der Waals surface area contributed by atoms with E-state index in [0.29, 0.717) is 29.0 Å². The number of piperidine rings is 3. The van der Waals surface area contributed by atoms with Gasteiger partial charge in [-0.05, 0) is 51.3 Å². The number of fused-ring (bicyclic) bond motifs is 4. The Kier molecular flexibility index (Phi) is 3.93. The Morgan fingerprint density at radius 3 is 2.63 bits per heavy atom. The molecule has 6 heterocycles. The molecule has 0 radical (unpaired) electrons. The van der Waals surface area contributed by atoms with Gasteiger partial charge in [-0.25, -0.2) is 0 Å². The monoisotopic (exact) mass is 368 g/mol. The van der Waals surface area contributed by atoms with Crippen LogP contribution in [0.5, 0.6) is 0 Å². The summed E-state index contributed by atoms with van der Waals surface area (Å²) in [6, 6.07) is 3.87. The van der Waals surface area contributed by atoms with Crippen LogP contribution in [0.4, 0.5) is 0 Å². The molecule has 2 bridgehead atoms. The topological polar surface area (TPSA) is 78.7 Å².